The minimum Gasteiger partial charge on any atom is -0.378 e. The van der Waals surface area contributed by atoms with Crippen LogP contribution in [0.25, 0.3) is 0 Å². The van der Waals surface area contributed by atoms with Gasteiger partial charge in [0.15, 0.2) is 0 Å². The van der Waals surface area contributed by atoms with Crippen LogP contribution in [0, 0.1) is 0 Å². The predicted molar refractivity (Wildman–Crippen MR) is 95.4 cm³/mol. The van der Waals surface area contributed by atoms with E-state index in [9.17, 15) is 23.1 Å². The zero-order valence-corrected chi connectivity index (χ0v) is 14.9. The van der Waals surface area contributed by atoms with Gasteiger partial charge in [-0.25, -0.2) is 0 Å². The smallest absolute Gasteiger partial charge is 0.378 e. The lowest BCUT2D eigenvalue weighted by Gasteiger charge is -2.27. The molecule has 0 unspecified atom stereocenters. The van der Waals surface area contributed by atoms with Crippen LogP contribution in [0.3, 0.4) is 0 Å². The van der Waals surface area contributed by atoms with Gasteiger partial charge in [-0.05, 0) is 46.5 Å². The average Bonchev–Trinajstić information content (AvgIpc) is 3.32. The van der Waals surface area contributed by atoms with E-state index in [4.69, 9.17) is 0 Å². The van der Waals surface area contributed by atoms with Crippen molar-refractivity contribution in [3.05, 3.63) is 80.2 Å². The summed E-state index contributed by atoms with van der Waals surface area (Å²) in [5, 5.41) is 19.1. The SMILES string of the molecule is O=C(NC[C@](O)(c1ccsc1)c1cccs1)c1cccc(C(F)(F)F)c1. The van der Waals surface area contributed by atoms with E-state index in [1.807, 2.05) is 5.38 Å². The number of thiophene rings is 2. The molecule has 1 amide bonds. The zero-order valence-electron chi connectivity index (χ0n) is 13.3. The molecule has 3 rings (SSSR count). The summed E-state index contributed by atoms with van der Waals surface area (Å²) in [7, 11) is 0. The summed E-state index contributed by atoms with van der Waals surface area (Å²) in [6, 6.07) is 9.47. The van der Waals surface area contributed by atoms with E-state index < -0.39 is 23.2 Å². The van der Waals surface area contributed by atoms with E-state index in [0.717, 1.165) is 12.1 Å². The lowest BCUT2D eigenvalue weighted by Crippen LogP contribution is -2.41. The minimum atomic E-state index is -4.52. The first kappa shape index (κ1) is 18.6. The fraction of sp³-hybridized carbons (Fsp3) is 0.167. The van der Waals surface area contributed by atoms with Crippen molar-refractivity contribution >= 4 is 28.6 Å². The maximum atomic E-state index is 12.8. The third-order valence-corrected chi connectivity index (χ3v) is 5.59. The van der Waals surface area contributed by atoms with Crippen LogP contribution in [0.1, 0.15) is 26.4 Å². The second kappa shape index (κ2) is 7.22. The summed E-state index contributed by atoms with van der Waals surface area (Å²) >= 11 is 2.74. The Bertz CT molecular complexity index is 840. The Morgan fingerprint density at radius 3 is 2.50 bits per heavy atom. The number of carbonyl (C=O) groups excluding carboxylic acids is 1. The van der Waals surface area contributed by atoms with Gasteiger partial charge in [0.25, 0.3) is 5.91 Å². The monoisotopic (exact) mass is 397 g/mol. The molecule has 0 spiro atoms. The van der Waals surface area contributed by atoms with Gasteiger partial charge >= 0.3 is 6.18 Å². The predicted octanol–water partition coefficient (Wildman–Crippen LogP) is 4.49. The van der Waals surface area contributed by atoms with Crippen LogP contribution in [-0.2, 0) is 11.8 Å². The van der Waals surface area contributed by atoms with Crippen molar-refractivity contribution in [2.24, 2.45) is 0 Å². The molecule has 0 fully saturated rings. The normalized spacial score (nSPS) is 14.0. The maximum absolute atomic E-state index is 12.8. The standard InChI is InChI=1S/C18H14F3NO2S2/c19-18(20,21)13-4-1-3-12(9-13)16(23)22-11-17(24,14-6-8-25-10-14)15-5-2-7-26-15/h1-10,24H,11H2,(H,22,23)/t17-/m0/s1. The van der Waals surface area contributed by atoms with Crippen molar-refractivity contribution in [3.8, 4) is 0 Å². The van der Waals surface area contributed by atoms with Gasteiger partial charge in [-0.15, -0.1) is 11.3 Å². The molecule has 26 heavy (non-hydrogen) atoms. The highest BCUT2D eigenvalue weighted by atomic mass is 32.1. The van der Waals surface area contributed by atoms with Crippen LogP contribution in [0.4, 0.5) is 13.2 Å². The van der Waals surface area contributed by atoms with Gasteiger partial charge in [0.1, 0.15) is 5.60 Å². The van der Waals surface area contributed by atoms with Crippen LogP contribution >= 0.6 is 22.7 Å². The Morgan fingerprint density at radius 1 is 1.08 bits per heavy atom. The lowest BCUT2D eigenvalue weighted by atomic mass is 9.94. The topological polar surface area (TPSA) is 49.3 Å². The second-order valence-electron chi connectivity index (χ2n) is 5.61. The quantitative estimate of drug-likeness (QED) is 0.666. The third-order valence-electron chi connectivity index (χ3n) is 3.88. The first-order valence-electron chi connectivity index (χ1n) is 7.55. The van der Waals surface area contributed by atoms with Gasteiger partial charge in [-0.3, -0.25) is 4.79 Å². The van der Waals surface area contributed by atoms with Gasteiger partial charge < -0.3 is 10.4 Å². The van der Waals surface area contributed by atoms with Crippen LogP contribution in [0.2, 0.25) is 0 Å². The fourth-order valence-corrected chi connectivity index (χ4v) is 4.06. The minimum absolute atomic E-state index is 0.112. The largest absolute Gasteiger partial charge is 0.416 e. The fourth-order valence-electron chi connectivity index (χ4n) is 2.49. The van der Waals surface area contributed by atoms with Gasteiger partial charge in [-0.2, -0.15) is 24.5 Å². The van der Waals surface area contributed by atoms with E-state index >= 15 is 0 Å². The number of alkyl halides is 3. The molecule has 1 atom stereocenters. The van der Waals surface area contributed by atoms with E-state index in [2.05, 4.69) is 5.32 Å². The molecular weight excluding hydrogens is 383 g/mol. The molecule has 136 valence electrons. The number of halogens is 3. The number of aliphatic hydroxyl groups is 1. The number of benzene rings is 1. The van der Waals surface area contributed by atoms with Gasteiger partial charge in [-0.1, -0.05) is 12.1 Å². The molecule has 0 aliphatic heterocycles. The number of nitrogens with one attached hydrogen (secondary N) is 1. The van der Waals surface area contributed by atoms with Crippen LogP contribution in [0.15, 0.2) is 58.6 Å². The van der Waals surface area contributed by atoms with Gasteiger partial charge in [0, 0.05) is 16.0 Å². The number of hydrogen-bond donors (Lipinski definition) is 2. The molecule has 0 saturated carbocycles. The van der Waals surface area contributed by atoms with Crippen molar-refractivity contribution in [2.75, 3.05) is 6.54 Å². The summed E-state index contributed by atoms with van der Waals surface area (Å²) in [5.41, 5.74) is -1.82. The molecule has 8 heteroatoms. The lowest BCUT2D eigenvalue weighted by molar-refractivity contribution is -0.137. The highest BCUT2D eigenvalue weighted by molar-refractivity contribution is 7.10. The van der Waals surface area contributed by atoms with Crippen molar-refractivity contribution in [3.63, 3.8) is 0 Å². The molecule has 0 bridgehead atoms. The summed E-state index contributed by atoms with van der Waals surface area (Å²) in [6.07, 6.45) is -4.52. The van der Waals surface area contributed by atoms with E-state index in [0.29, 0.717) is 10.4 Å². The van der Waals surface area contributed by atoms with Gasteiger partial charge in [0.05, 0.1) is 12.1 Å². The van der Waals surface area contributed by atoms with E-state index in [1.54, 1.807) is 29.0 Å². The van der Waals surface area contributed by atoms with Crippen molar-refractivity contribution in [1.29, 1.82) is 0 Å². The highest BCUT2D eigenvalue weighted by Gasteiger charge is 2.34. The summed E-state index contributed by atoms with van der Waals surface area (Å²) in [5.74, 6) is -0.679. The summed E-state index contributed by atoms with van der Waals surface area (Å²) < 4.78 is 38.4. The summed E-state index contributed by atoms with van der Waals surface area (Å²) in [6.45, 7) is -0.153. The molecule has 3 aromatic rings. The molecule has 0 aliphatic rings. The second-order valence-corrected chi connectivity index (χ2v) is 7.34. The molecule has 2 heterocycles. The Kier molecular flexibility index (Phi) is 5.17. The number of rotatable bonds is 5. The molecule has 0 aliphatic carbocycles. The van der Waals surface area contributed by atoms with Crippen LogP contribution in [-0.4, -0.2) is 17.6 Å². The molecule has 2 aromatic heterocycles. The van der Waals surface area contributed by atoms with Crippen molar-refractivity contribution in [1.82, 2.24) is 5.32 Å². The molecule has 2 N–H and O–H groups in total. The summed E-state index contributed by atoms with van der Waals surface area (Å²) in [4.78, 5) is 13.0. The number of hydrogen-bond acceptors (Lipinski definition) is 4. The maximum Gasteiger partial charge on any atom is 0.416 e. The third kappa shape index (κ3) is 3.82. The Balaban J connectivity index is 1.81. The molecule has 0 radical (unpaired) electrons. The molecule has 3 nitrogen and oxygen atoms in total. The Hall–Kier alpha value is -2.16. The van der Waals surface area contributed by atoms with E-state index in [-0.39, 0.29) is 12.1 Å². The highest BCUT2D eigenvalue weighted by Crippen LogP contribution is 2.34. The Labute approximate surface area is 155 Å². The molecular formula is C18H14F3NO2S2. The average molecular weight is 397 g/mol. The number of carbonyl (C=O) groups is 1. The first-order chi connectivity index (χ1) is 12.3. The number of amides is 1. The first-order valence-corrected chi connectivity index (χ1v) is 9.37. The molecule has 1 aromatic carbocycles. The zero-order chi connectivity index (χ0) is 18.8. The van der Waals surface area contributed by atoms with E-state index in [1.165, 1.54) is 34.8 Å². The van der Waals surface area contributed by atoms with Crippen LogP contribution < -0.4 is 5.32 Å². The Morgan fingerprint density at radius 2 is 1.88 bits per heavy atom. The van der Waals surface area contributed by atoms with Crippen LogP contribution in [0.5, 0.6) is 0 Å². The van der Waals surface area contributed by atoms with Gasteiger partial charge in [0.2, 0.25) is 0 Å². The molecule has 0 saturated heterocycles. The van der Waals surface area contributed by atoms with Crippen molar-refractivity contribution < 1.29 is 23.1 Å². The van der Waals surface area contributed by atoms with Crippen molar-refractivity contribution in [2.45, 2.75) is 11.8 Å².